The van der Waals surface area contributed by atoms with Crippen molar-refractivity contribution in [2.24, 2.45) is 5.16 Å². The van der Waals surface area contributed by atoms with Crippen molar-refractivity contribution in [1.82, 2.24) is 0 Å². The van der Waals surface area contributed by atoms with E-state index in [-0.39, 0.29) is 0 Å². The molecule has 0 spiro atoms. The fourth-order valence-electron chi connectivity index (χ4n) is 1.29. The van der Waals surface area contributed by atoms with E-state index in [0.717, 1.165) is 5.56 Å². The lowest BCUT2D eigenvalue weighted by Crippen LogP contribution is -2.07. The molecular formula is C11H11ClN2O. The van der Waals surface area contributed by atoms with Crippen LogP contribution in [0.25, 0.3) is 0 Å². The highest BCUT2D eigenvalue weighted by molar-refractivity contribution is 6.30. The van der Waals surface area contributed by atoms with Crippen LogP contribution in [0.4, 0.5) is 0 Å². The van der Waals surface area contributed by atoms with Crippen LogP contribution < -0.4 is 0 Å². The molecule has 0 saturated heterocycles. The molecule has 0 aliphatic heterocycles. The third kappa shape index (κ3) is 2.97. The second-order valence-electron chi connectivity index (χ2n) is 3.03. The summed E-state index contributed by atoms with van der Waals surface area (Å²) in [6.07, 6.45) is 0. The van der Waals surface area contributed by atoms with E-state index in [1.165, 1.54) is 7.11 Å². The predicted octanol–water partition coefficient (Wildman–Crippen LogP) is 2.97. The van der Waals surface area contributed by atoms with Crippen molar-refractivity contribution in [2.75, 3.05) is 7.11 Å². The maximum Gasteiger partial charge on any atom is 0.113 e. The Morgan fingerprint density at radius 2 is 2.33 bits per heavy atom. The van der Waals surface area contributed by atoms with Gasteiger partial charge in [0.2, 0.25) is 0 Å². The molecule has 15 heavy (non-hydrogen) atoms. The van der Waals surface area contributed by atoms with Crippen LogP contribution in [0.1, 0.15) is 18.4 Å². The topological polar surface area (TPSA) is 45.4 Å². The van der Waals surface area contributed by atoms with Crippen LogP contribution in [-0.4, -0.2) is 12.8 Å². The van der Waals surface area contributed by atoms with E-state index in [0.29, 0.717) is 10.7 Å². The number of nitriles is 1. The van der Waals surface area contributed by atoms with E-state index >= 15 is 0 Å². The van der Waals surface area contributed by atoms with Crippen molar-refractivity contribution in [3.8, 4) is 6.07 Å². The first-order valence-corrected chi connectivity index (χ1v) is 4.79. The van der Waals surface area contributed by atoms with Crippen molar-refractivity contribution in [3.05, 3.63) is 34.9 Å². The first-order valence-electron chi connectivity index (χ1n) is 4.41. The van der Waals surface area contributed by atoms with Gasteiger partial charge in [-0.25, -0.2) is 0 Å². The Balaban J connectivity index is 3.04. The minimum atomic E-state index is -0.413. The first kappa shape index (κ1) is 11.5. The van der Waals surface area contributed by atoms with Crippen LogP contribution in [0.3, 0.4) is 0 Å². The van der Waals surface area contributed by atoms with E-state index in [1.807, 2.05) is 12.1 Å². The number of nitrogens with zero attached hydrogens (tertiary/aromatic N) is 2. The van der Waals surface area contributed by atoms with Gasteiger partial charge in [0, 0.05) is 5.02 Å². The Labute approximate surface area is 93.9 Å². The van der Waals surface area contributed by atoms with E-state index in [4.69, 9.17) is 16.9 Å². The number of halogens is 1. The summed E-state index contributed by atoms with van der Waals surface area (Å²) in [4.78, 5) is 4.64. The lowest BCUT2D eigenvalue weighted by atomic mass is 9.97. The molecule has 1 rings (SSSR count). The molecule has 4 heteroatoms. The Hall–Kier alpha value is -1.53. The molecule has 0 aliphatic rings. The normalized spacial score (nSPS) is 13.1. The van der Waals surface area contributed by atoms with Gasteiger partial charge in [-0.3, -0.25) is 0 Å². The van der Waals surface area contributed by atoms with Crippen LogP contribution in [0.2, 0.25) is 5.02 Å². The van der Waals surface area contributed by atoms with Crippen molar-refractivity contribution in [3.63, 3.8) is 0 Å². The zero-order valence-electron chi connectivity index (χ0n) is 8.57. The largest absolute Gasteiger partial charge is 0.399 e. The fourth-order valence-corrected chi connectivity index (χ4v) is 1.49. The highest BCUT2D eigenvalue weighted by Crippen LogP contribution is 2.20. The van der Waals surface area contributed by atoms with E-state index in [9.17, 15) is 0 Å². The van der Waals surface area contributed by atoms with Gasteiger partial charge in [0.1, 0.15) is 13.0 Å². The molecule has 0 fully saturated rings. The summed E-state index contributed by atoms with van der Waals surface area (Å²) in [7, 11) is 1.45. The summed E-state index contributed by atoms with van der Waals surface area (Å²) >= 11 is 5.85. The highest BCUT2D eigenvalue weighted by atomic mass is 35.5. The van der Waals surface area contributed by atoms with Gasteiger partial charge < -0.3 is 4.84 Å². The van der Waals surface area contributed by atoms with Crippen LogP contribution in [0, 0.1) is 11.3 Å². The Kier molecular flexibility index (Phi) is 4.14. The molecule has 1 unspecified atom stereocenters. The maximum absolute atomic E-state index is 9.04. The van der Waals surface area contributed by atoms with Crippen LogP contribution in [0.5, 0.6) is 0 Å². The van der Waals surface area contributed by atoms with Gasteiger partial charge in [-0.2, -0.15) is 5.26 Å². The van der Waals surface area contributed by atoms with Crippen molar-refractivity contribution >= 4 is 17.3 Å². The molecule has 0 aliphatic carbocycles. The van der Waals surface area contributed by atoms with Gasteiger partial charge in [0.25, 0.3) is 0 Å². The molecular weight excluding hydrogens is 212 g/mol. The molecule has 0 N–H and O–H groups in total. The average molecular weight is 223 g/mol. The zero-order chi connectivity index (χ0) is 11.3. The number of rotatable bonds is 3. The SMILES string of the molecule is CON=C(C)C(C#N)c1cccc(Cl)c1. The second-order valence-corrected chi connectivity index (χ2v) is 3.47. The van der Waals surface area contributed by atoms with Gasteiger partial charge >= 0.3 is 0 Å². The van der Waals surface area contributed by atoms with E-state index in [2.05, 4.69) is 16.1 Å². The van der Waals surface area contributed by atoms with Gasteiger partial charge in [-0.1, -0.05) is 28.9 Å². The Bertz CT molecular complexity index is 409. The minimum Gasteiger partial charge on any atom is -0.399 e. The van der Waals surface area contributed by atoms with Gasteiger partial charge in [0.05, 0.1) is 11.8 Å². The molecule has 0 heterocycles. The van der Waals surface area contributed by atoms with Gasteiger partial charge in [-0.05, 0) is 24.6 Å². The molecule has 0 bridgehead atoms. The second kappa shape index (κ2) is 5.38. The summed E-state index contributed by atoms with van der Waals surface area (Å²) in [6.45, 7) is 1.75. The van der Waals surface area contributed by atoms with Crippen molar-refractivity contribution in [2.45, 2.75) is 12.8 Å². The molecule has 1 aromatic rings. The number of benzene rings is 1. The molecule has 1 aromatic carbocycles. The van der Waals surface area contributed by atoms with Gasteiger partial charge in [0.15, 0.2) is 0 Å². The summed E-state index contributed by atoms with van der Waals surface area (Å²) < 4.78 is 0. The van der Waals surface area contributed by atoms with E-state index in [1.54, 1.807) is 19.1 Å². The fraction of sp³-hybridized carbons (Fsp3) is 0.273. The zero-order valence-corrected chi connectivity index (χ0v) is 9.32. The smallest absolute Gasteiger partial charge is 0.113 e. The summed E-state index contributed by atoms with van der Waals surface area (Å²) in [6, 6.07) is 9.33. The number of hydrogen-bond donors (Lipinski definition) is 0. The van der Waals surface area contributed by atoms with Gasteiger partial charge in [-0.15, -0.1) is 0 Å². The quantitative estimate of drug-likeness (QED) is 0.583. The minimum absolute atomic E-state index is 0.413. The molecule has 1 atom stereocenters. The third-order valence-corrected chi connectivity index (χ3v) is 2.20. The maximum atomic E-state index is 9.04. The molecule has 78 valence electrons. The van der Waals surface area contributed by atoms with Crippen molar-refractivity contribution in [1.29, 1.82) is 5.26 Å². The monoisotopic (exact) mass is 222 g/mol. The molecule has 3 nitrogen and oxygen atoms in total. The molecule has 0 saturated carbocycles. The van der Waals surface area contributed by atoms with E-state index < -0.39 is 5.92 Å². The van der Waals surface area contributed by atoms with Crippen molar-refractivity contribution < 1.29 is 4.84 Å². The third-order valence-electron chi connectivity index (χ3n) is 1.96. The van der Waals surface area contributed by atoms with Crippen LogP contribution in [0.15, 0.2) is 29.4 Å². The number of hydrogen-bond acceptors (Lipinski definition) is 3. The Morgan fingerprint density at radius 3 is 2.87 bits per heavy atom. The average Bonchev–Trinajstić information content (AvgIpc) is 2.19. The Morgan fingerprint density at radius 1 is 1.60 bits per heavy atom. The highest BCUT2D eigenvalue weighted by Gasteiger charge is 2.14. The summed E-state index contributed by atoms with van der Waals surface area (Å²) in [5, 5.41) is 13.4. The van der Waals surface area contributed by atoms with Crippen LogP contribution >= 0.6 is 11.6 Å². The lowest BCUT2D eigenvalue weighted by Gasteiger charge is -2.08. The molecule has 0 amide bonds. The first-order chi connectivity index (χ1) is 7.19. The standard InChI is InChI=1S/C11H11ClN2O/c1-8(14-15-2)11(7-13)9-4-3-5-10(12)6-9/h3-6,11H,1-2H3. The van der Waals surface area contributed by atoms with Crippen LogP contribution in [-0.2, 0) is 4.84 Å². The summed E-state index contributed by atoms with van der Waals surface area (Å²) in [5.74, 6) is -0.413. The molecule has 0 aromatic heterocycles. The lowest BCUT2D eigenvalue weighted by molar-refractivity contribution is 0.212. The molecule has 0 radical (unpaired) electrons. The summed E-state index contributed by atoms with van der Waals surface area (Å²) in [5.41, 5.74) is 1.44. The number of oxime groups is 1. The predicted molar refractivity (Wildman–Crippen MR) is 59.9 cm³/mol.